The highest BCUT2D eigenvalue weighted by Gasteiger charge is 2.34. The summed E-state index contributed by atoms with van der Waals surface area (Å²) < 4.78 is 1.27. The normalized spacial score (nSPS) is 21.7. The summed E-state index contributed by atoms with van der Waals surface area (Å²) in [5.74, 6) is 0.964. The highest BCUT2D eigenvalue weighted by atomic mass is 32.1. The largest absolute Gasteiger partial charge is 0.348 e. The molecule has 118 valence electrons. The van der Waals surface area contributed by atoms with Gasteiger partial charge in [0.25, 0.3) is 0 Å². The summed E-state index contributed by atoms with van der Waals surface area (Å²) in [4.78, 5) is 15.5. The fraction of sp³-hybridized carbons (Fsp3) is 0.444. The van der Waals surface area contributed by atoms with E-state index in [0.29, 0.717) is 0 Å². The van der Waals surface area contributed by atoms with Gasteiger partial charge in [-0.1, -0.05) is 25.0 Å². The van der Waals surface area contributed by atoms with E-state index in [4.69, 9.17) is 4.98 Å². The first-order valence-electron chi connectivity index (χ1n) is 8.50. The number of fused-ring (bicyclic) bond motifs is 2. The maximum atomic E-state index is 4.93. The molecule has 5 rings (SSSR count). The number of imidazole rings is 1. The maximum absolute atomic E-state index is 4.93. The SMILES string of the molecule is c1ccc2sc([C@@H]3c4nc[nH]c4CCN3CCC3CC3)nc2c1. The number of nitrogens with zero attached hydrogens (tertiary/aromatic N) is 3. The summed E-state index contributed by atoms with van der Waals surface area (Å²) in [6.07, 6.45) is 7.08. The van der Waals surface area contributed by atoms with Crippen LogP contribution in [0.1, 0.15) is 41.7 Å². The molecular formula is C18H20N4S. The van der Waals surface area contributed by atoms with E-state index in [1.165, 1.54) is 40.4 Å². The van der Waals surface area contributed by atoms with E-state index in [1.54, 1.807) is 0 Å². The van der Waals surface area contributed by atoms with Crippen molar-refractivity contribution in [3.05, 3.63) is 47.0 Å². The van der Waals surface area contributed by atoms with Crippen molar-refractivity contribution in [1.82, 2.24) is 19.9 Å². The second kappa shape index (κ2) is 5.42. The number of benzene rings is 1. The summed E-state index contributed by atoms with van der Waals surface area (Å²) in [6, 6.07) is 8.66. The molecule has 0 bridgehead atoms. The topological polar surface area (TPSA) is 44.8 Å². The molecule has 3 aromatic rings. The molecule has 5 heteroatoms. The first kappa shape index (κ1) is 13.7. The Kier molecular flexibility index (Phi) is 3.23. The van der Waals surface area contributed by atoms with Gasteiger partial charge in [-0.2, -0.15) is 0 Å². The van der Waals surface area contributed by atoms with Gasteiger partial charge >= 0.3 is 0 Å². The lowest BCUT2D eigenvalue weighted by Crippen LogP contribution is -2.37. The van der Waals surface area contributed by atoms with Crippen LogP contribution in [0, 0.1) is 5.92 Å². The Bertz CT molecular complexity index is 799. The zero-order valence-electron chi connectivity index (χ0n) is 13.0. The van der Waals surface area contributed by atoms with E-state index in [9.17, 15) is 0 Å². The standard InChI is InChI=1S/C18H20N4S/c1-2-4-15-13(3-1)21-18(23-15)17-16-14(19-11-20-16)8-10-22(17)9-7-12-5-6-12/h1-4,11-12,17H,5-10H2,(H,19,20)/t17-/m0/s1. The Balaban J connectivity index is 1.54. The summed E-state index contributed by atoms with van der Waals surface area (Å²) in [5, 5.41) is 1.19. The van der Waals surface area contributed by atoms with E-state index in [-0.39, 0.29) is 6.04 Å². The Labute approximate surface area is 139 Å². The quantitative estimate of drug-likeness (QED) is 0.794. The first-order valence-corrected chi connectivity index (χ1v) is 9.32. The van der Waals surface area contributed by atoms with Crippen LogP contribution in [0.5, 0.6) is 0 Å². The average molecular weight is 324 g/mol. The number of H-pyrrole nitrogens is 1. The van der Waals surface area contributed by atoms with Crippen LogP contribution in [0.4, 0.5) is 0 Å². The van der Waals surface area contributed by atoms with Crippen LogP contribution in [0.2, 0.25) is 0 Å². The number of aromatic nitrogens is 3. The lowest BCUT2D eigenvalue weighted by Gasteiger charge is -2.33. The third-order valence-corrected chi connectivity index (χ3v) is 6.18. The summed E-state index contributed by atoms with van der Waals surface area (Å²) in [7, 11) is 0. The highest BCUT2D eigenvalue weighted by molar-refractivity contribution is 7.18. The molecule has 1 fully saturated rings. The van der Waals surface area contributed by atoms with Crippen molar-refractivity contribution < 1.29 is 0 Å². The van der Waals surface area contributed by atoms with Crippen molar-refractivity contribution in [2.24, 2.45) is 5.92 Å². The van der Waals surface area contributed by atoms with E-state index in [1.807, 2.05) is 17.7 Å². The van der Waals surface area contributed by atoms with Gasteiger partial charge in [0.1, 0.15) is 11.0 Å². The minimum atomic E-state index is 0.223. The average Bonchev–Trinajstić information content (AvgIpc) is 3.11. The Hall–Kier alpha value is -1.72. The van der Waals surface area contributed by atoms with Gasteiger partial charge in [0.2, 0.25) is 0 Å². The molecule has 0 unspecified atom stereocenters. The van der Waals surface area contributed by atoms with Gasteiger partial charge in [0, 0.05) is 18.7 Å². The van der Waals surface area contributed by atoms with Gasteiger partial charge < -0.3 is 4.98 Å². The molecule has 1 atom stereocenters. The van der Waals surface area contributed by atoms with Gasteiger partial charge in [-0.3, -0.25) is 4.90 Å². The van der Waals surface area contributed by atoms with Crippen molar-refractivity contribution in [3.63, 3.8) is 0 Å². The molecule has 0 saturated heterocycles. The highest BCUT2D eigenvalue weighted by Crippen LogP contribution is 2.39. The van der Waals surface area contributed by atoms with E-state index in [2.05, 4.69) is 39.1 Å². The van der Waals surface area contributed by atoms with Crippen molar-refractivity contribution in [3.8, 4) is 0 Å². The molecule has 4 nitrogen and oxygen atoms in total. The molecule has 1 aliphatic carbocycles. The van der Waals surface area contributed by atoms with E-state index >= 15 is 0 Å². The minimum Gasteiger partial charge on any atom is -0.348 e. The Morgan fingerprint density at radius 2 is 2.17 bits per heavy atom. The van der Waals surface area contributed by atoms with Crippen LogP contribution in [0.15, 0.2) is 30.6 Å². The number of hydrogen-bond acceptors (Lipinski definition) is 4. The zero-order valence-corrected chi connectivity index (χ0v) is 13.9. The van der Waals surface area contributed by atoms with Crippen LogP contribution < -0.4 is 0 Å². The van der Waals surface area contributed by atoms with E-state index in [0.717, 1.165) is 30.9 Å². The minimum absolute atomic E-state index is 0.223. The van der Waals surface area contributed by atoms with Gasteiger partial charge in [-0.15, -0.1) is 11.3 Å². The Morgan fingerprint density at radius 1 is 1.26 bits per heavy atom. The number of hydrogen-bond donors (Lipinski definition) is 1. The summed E-state index contributed by atoms with van der Waals surface area (Å²) in [6.45, 7) is 2.26. The van der Waals surface area contributed by atoms with Crippen LogP contribution in [-0.2, 0) is 6.42 Å². The number of aromatic amines is 1. The first-order chi connectivity index (χ1) is 11.4. The molecule has 0 amide bonds. The molecule has 2 aliphatic rings. The van der Waals surface area contributed by atoms with Crippen molar-refractivity contribution in [2.45, 2.75) is 31.7 Å². The molecule has 3 heterocycles. The van der Waals surface area contributed by atoms with Gasteiger partial charge in [-0.05, 0) is 31.0 Å². The van der Waals surface area contributed by atoms with Crippen LogP contribution >= 0.6 is 11.3 Å². The maximum Gasteiger partial charge on any atom is 0.117 e. The smallest absolute Gasteiger partial charge is 0.117 e. The van der Waals surface area contributed by atoms with Crippen LogP contribution in [-0.4, -0.2) is 32.9 Å². The van der Waals surface area contributed by atoms with Crippen molar-refractivity contribution >= 4 is 21.6 Å². The van der Waals surface area contributed by atoms with Gasteiger partial charge in [-0.25, -0.2) is 9.97 Å². The third kappa shape index (κ3) is 2.48. The molecule has 23 heavy (non-hydrogen) atoms. The second-order valence-corrected chi connectivity index (χ2v) is 7.77. The lowest BCUT2D eigenvalue weighted by atomic mass is 10.0. The fourth-order valence-electron chi connectivity index (χ4n) is 3.60. The number of rotatable bonds is 4. The lowest BCUT2D eigenvalue weighted by molar-refractivity contribution is 0.203. The fourth-order valence-corrected chi connectivity index (χ4v) is 4.71. The van der Waals surface area contributed by atoms with E-state index < -0.39 is 0 Å². The predicted octanol–water partition coefficient (Wildman–Crippen LogP) is 3.77. The number of thiazole rings is 1. The summed E-state index contributed by atoms with van der Waals surface area (Å²) >= 11 is 1.82. The van der Waals surface area contributed by atoms with Gasteiger partial charge in [0.15, 0.2) is 0 Å². The van der Waals surface area contributed by atoms with Gasteiger partial charge in [0.05, 0.1) is 22.2 Å². The summed E-state index contributed by atoms with van der Waals surface area (Å²) in [5.41, 5.74) is 3.58. The molecule has 1 N–H and O–H groups in total. The second-order valence-electron chi connectivity index (χ2n) is 6.71. The molecule has 1 aliphatic heterocycles. The molecule has 1 saturated carbocycles. The molecule has 0 radical (unpaired) electrons. The van der Waals surface area contributed by atoms with Crippen molar-refractivity contribution in [2.75, 3.05) is 13.1 Å². The van der Waals surface area contributed by atoms with Crippen LogP contribution in [0.3, 0.4) is 0 Å². The molecule has 0 spiro atoms. The molecular weight excluding hydrogens is 304 g/mol. The number of nitrogens with one attached hydrogen (secondary N) is 1. The molecule has 2 aromatic heterocycles. The van der Waals surface area contributed by atoms with Crippen molar-refractivity contribution in [1.29, 1.82) is 0 Å². The monoisotopic (exact) mass is 324 g/mol. The zero-order chi connectivity index (χ0) is 15.2. The Morgan fingerprint density at radius 3 is 3.04 bits per heavy atom. The number of para-hydroxylation sites is 1. The predicted molar refractivity (Wildman–Crippen MR) is 92.7 cm³/mol. The third-order valence-electron chi connectivity index (χ3n) is 5.09. The molecule has 1 aromatic carbocycles. The van der Waals surface area contributed by atoms with Crippen LogP contribution in [0.25, 0.3) is 10.2 Å².